The Morgan fingerprint density at radius 2 is 1.88 bits per heavy atom. The predicted octanol–water partition coefficient (Wildman–Crippen LogP) is 2.08. The number of hydrazone groups is 1. The van der Waals surface area contributed by atoms with Crippen LogP contribution in [0.1, 0.15) is 58.1 Å². The van der Waals surface area contributed by atoms with Gasteiger partial charge in [0.05, 0.1) is 10.6 Å². The van der Waals surface area contributed by atoms with E-state index >= 15 is 0 Å². The van der Waals surface area contributed by atoms with Crippen molar-refractivity contribution in [1.29, 1.82) is 0 Å². The van der Waals surface area contributed by atoms with Crippen molar-refractivity contribution >= 4 is 40.5 Å². The third kappa shape index (κ3) is 4.75. The smallest absolute Gasteiger partial charge is 0.305 e. The first-order valence-corrected chi connectivity index (χ1v) is 10.00. The molecule has 1 aliphatic carbocycles. The van der Waals surface area contributed by atoms with Crippen LogP contribution in [0.3, 0.4) is 0 Å². The minimum Gasteiger partial charge on any atom is -0.455 e. The van der Waals surface area contributed by atoms with Crippen molar-refractivity contribution < 1.29 is 18.9 Å². The van der Waals surface area contributed by atoms with Crippen molar-refractivity contribution in [3.63, 3.8) is 0 Å². The number of hydrogen-bond acceptors (Lipinski definition) is 7. The van der Waals surface area contributed by atoms with Crippen molar-refractivity contribution in [2.24, 2.45) is 16.3 Å². The molecule has 1 heterocycles. The number of nitro groups is 1. The van der Waals surface area contributed by atoms with Crippen molar-refractivity contribution in [1.82, 2.24) is 16.3 Å². The summed E-state index contributed by atoms with van der Waals surface area (Å²) in [6.07, 6.45) is 1.18. The summed E-state index contributed by atoms with van der Waals surface area (Å²) >= 11 is 4.81. The molecule has 2 aromatic rings. The Labute approximate surface area is 188 Å². The fraction of sp³-hybridized carbons (Fsp3) is 0.300. The molecule has 168 valence electrons. The van der Waals surface area contributed by atoms with Gasteiger partial charge in [-0.2, -0.15) is 5.10 Å². The number of nitrogens with zero attached hydrogens (tertiary/aromatic N) is 2. The molecule has 0 atom stereocenters. The van der Waals surface area contributed by atoms with Gasteiger partial charge >= 0.3 is 5.91 Å². The molecule has 1 aliphatic rings. The number of hydrazine groups is 1. The van der Waals surface area contributed by atoms with Crippen LogP contribution in [0.4, 0.5) is 5.69 Å². The molecule has 3 rings (SSSR count). The van der Waals surface area contributed by atoms with E-state index in [1.165, 1.54) is 24.3 Å². The number of fused-ring (bicyclic) bond motifs is 1. The molecule has 0 saturated heterocycles. The summed E-state index contributed by atoms with van der Waals surface area (Å²) in [5, 5.41) is 15.4. The van der Waals surface area contributed by atoms with Gasteiger partial charge in [0.15, 0.2) is 10.9 Å². The Morgan fingerprint density at radius 3 is 2.53 bits per heavy atom. The highest BCUT2D eigenvalue weighted by Gasteiger charge is 2.36. The van der Waals surface area contributed by atoms with Gasteiger partial charge in [-0.1, -0.05) is 26.0 Å². The predicted molar refractivity (Wildman–Crippen MR) is 120 cm³/mol. The SMILES string of the molecule is Cc1c(C(=O)NNC(=O)c2ccccc2[N+](=O)[O-])oc2c1/C(=N\NC(N)=S)CC(C)(C)C2. The minimum atomic E-state index is -0.830. The second-order valence-corrected chi connectivity index (χ2v) is 8.53. The Hall–Kier alpha value is -3.80. The van der Waals surface area contributed by atoms with Crippen LogP contribution >= 0.6 is 12.2 Å². The van der Waals surface area contributed by atoms with Crippen LogP contribution in [0.15, 0.2) is 33.8 Å². The van der Waals surface area contributed by atoms with E-state index in [0.29, 0.717) is 35.4 Å². The lowest BCUT2D eigenvalue weighted by atomic mass is 9.75. The maximum Gasteiger partial charge on any atom is 0.305 e. The zero-order valence-corrected chi connectivity index (χ0v) is 18.5. The number of nitrogens with one attached hydrogen (secondary N) is 3. The number of thiocarbonyl (C=S) groups is 1. The quantitative estimate of drug-likeness (QED) is 0.307. The number of furan rings is 1. The number of benzene rings is 1. The monoisotopic (exact) mass is 458 g/mol. The van der Waals surface area contributed by atoms with E-state index in [-0.39, 0.29) is 27.5 Å². The summed E-state index contributed by atoms with van der Waals surface area (Å²) in [4.78, 5) is 35.5. The summed E-state index contributed by atoms with van der Waals surface area (Å²) in [5.41, 5.74) is 13.6. The average molecular weight is 459 g/mol. The summed E-state index contributed by atoms with van der Waals surface area (Å²) in [6, 6.07) is 5.41. The molecule has 12 heteroatoms. The van der Waals surface area contributed by atoms with E-state index in [1.54, 1.807) is 6.92 Å². The number of nitrogens with two attached hydrogens (primary N) is 1. The molecule has 0 aliphatic heterocycles. The second-order valence-electron chi connectivity index (χ2n) is 8.09. The molecule has 2 amide bonds. The van der Waals surface area contributed by atoms with Crippen LogP contribution in [0, 0.1) is 22.5 Å². The standard InChI is InChI=1S/C20H22N6O5S/c1-10-15-12(22-25-19(21)32)8-20(2,3)9-14(15)31-16(10)18(28)24-23-17(27)11-6-4-5-7-13(11)26(29)30/h4-7H,8-9H2,1-3H3,(H,23,27)(H,24,28)(H3,21,25,32)/b22-12-. The van der Waals surface area contributed by atoms with E-state index in [2.05, 4.69) is 21.4 Å². The zero-order valence-electron chi connectivity index (χ0n) is 17.6. The van der Waals surface area contributed by atoms with E-state index in [1.807, 2.05) is 13.8 Å². The molecule has 32 heavy (non-hydrogen) atoms. The lowest BCUT2D eigenvalue weighted by Gasteiger charge is -2.29. The van der Waals surface area contributed by atoms with Crippen molar-refractivity contribution in [2.45, 2.75) is 33.6 Å². The number of nitro benzene ring substituents is 1. The van der Waals surface area contributed by atoms with Gasteiger partial charge in [0.1, 0.15) is 11.3 Å². The molecule has 0 bridgehead atoms. The summed E-state index contributed by atoms with van der Waals surface area (Å²) in [6.45, 7) is 5.78. The largest absolute Gasteiger partial charge is 0.455 e. The van der Waals surface area contributed by atoms with Gasteiger partial charge in [-0.3, -0.25) is 36.0 Å². The number of rotatable bonds is 4. The maximum absolute atomic E-state index is 12.7. The highest BCUT2D eigenvalue weighted by molar-refractivity contribution is 7.80. The third-order valence-electron chi connectivity index (χ3n) is 4.94. The van der Waals surface area contributed by atoms with E-state index in [0.717, 1.165) is 0 Å². The molecule has 0 spiro atoms. The van der Waals surface area contributed by atoms with Crippen LogP contribution in [0.25, 0.3) is 0 Å². The number of carbonyl (C=O) groups excluding carboxylic acids is 2. The first-order valence-electron chi connectivity index (χ1n) is 9.59. The van der Waals surface area contributed by atoms with E-state index < -0.39 is 16.7 Å². The Balaban J connectivity index is 1.83. The van der Waals surface area contributed by atoms with Crippen molar-refractivity contribution in [3.8, 4) is 0 Å². The number of carbonyl (C=O) groups is 2. The second kappa shape index (κ2) is 8.75. The van der Waals surface area contributed by atoms with Gasteiger partial charge in [-0.25, -0.2) is 0 Å². The summed E-state index contributed by atoms with van der Waals surface area (Å²) in [5.74, 6) is -0.956. The number of amides is 2. The first-order chi connectivity index (χ1) is 15.0. The van der Waals surface area contributed by atoms with Crippen LogP contribution in [-0.4, -0.2) is 27.6 Å². The van der Waals surface area contributed by atoms with Gasteiger partial charge in [0, 0.05) is 23.6 Å². The average Bonchev–Trinajstić information content (AvgIpc) is 3.04. The van der Waals surface area contributed by atoms with Gasteiger partial charge in [0.2, 0.25) is 0 Å². The van der Waals surface area contributed by atoms with Crippen molar-refractivity contribution in [3.05, 3.63) is 62.6 Å². The molecule has 0 fully saturated rings. The summed E-state index contributed by atoms with van der Waals surface area (Å²) in [7, 11) is 0. The minimum absolute atomic E-state index is 0.00131. The highest BCUT2D eigenvalue weighted by atomic mass is 32.1. The number of hydrogen-bond donors (Lipinski definition) is 4. The molecule has 0 unspecified atom stereocenters. The summed E-state index contributed by atoms with van der Waals surface area (Å²) < 4.78 is 5.83. The van der Waals surface area contributed by atoms with E-state index in [9.17, 15) is 19.7 Å². The Morgan fingerprint density at radius 1 is 1.22 bits per heavy atom. The molecule has 0 radical (unpaired) electrons. The van der Waals surface area contributed by atoms with E-state index in [4.69, 9.17) is 22.4 Å². The normalized spacial score (nSPS) is 15.5. The van der Waals surface area contributed by atoms with Gasteiger partial charge in [0.25, 0.3) is 11.6 Å². The van der Waals surface area contributed by atoms with Crippen LogP contribution in [0.5, 0.6) is 0 Å². The lowest BCUT2D eigenvalue weighted by Crippen LogP contribution is -2.42. The molecule has 1 aromatic carbocycles. The van der Waals surface area contributed by atoms with Crippen LogP contribution in [0.2, 0.25) is 0 Å². The lowest BCUT2D eigenvalue weighted by molar-refractivity contribution is -0.385. The number of para-hydroxylation sites is 1. The third-order valence-corrected chi connectivity index (χ3v) is 5.03. The van der Waals surface area contributed by atoms with Crippen LogP contribution in [-0.2, 0) is 6.42 Å². The molecular formula is C20H22N6O5S. The Bertz CT molecular complexity index is 1150. The first kappa shape index (κ1) is 22.9. The highest BCUT2D eigenvalue weighted by Crippen LogP contribution is 2.38. The van der Waals surface area contributed by atoms with Gasteiger partial charge in [-0.05, 0) is 37.0 Å². The van der Waals surface area contributed by atoms with Gasteiger partial charge in [-0.15, -0.1) is 0 Å². The van der Waals surface area contributed by atoms with Gasteiger partial charge < -0.3 is 10.2 Å². The topological polar surface area (TPSA) is 165 Å². The molecular weight excluding hydrogens is 436 g/mol. The molecule has 1 aromatic heterocycles. The fourth-order valence-electron chi connectivity index (χ4n) is 3.61. The zero-order chi connectivity index (χ0) is 23.6. The Kier molecular flexibility index (Phi) is 6.25. The molecule has 5 N–H and O–H groups in total. The fourth-order valence-corrected chi connectivity index (χ4v) is 3.66. The molecule has 11 nitrogen and oxygen atoms in total. The maximum atomic E-state index is 12.7. The van der Waals surface area contributed by atoms with Crippen molar-refractivity contribution in [2.75, 3.05) is 0 Å². The van der Waals surface area contributed by atoms with Crippen LogP contribution < -0.4 is 22.0 Å². The molecule has 0 saturated carbocycles.